The molecule has 0 bridgehead atoms. The Morgan fingerprint density at radius 1 is 0.931 bits per heavy atom. The molecular weight excluding hydrogens is 398 g/mol. The van der Waals surface area contributed by atoms with Gasteiger partial charge in [-0.3, -0.25) is 24.1 Å². The van der Waals surface area contributed by atoms with Crippen LogP contribution in [-0.2, 0) is 19.6 Å². The Morgan fingerprint density at radius 3 is 2.00 bits per heavy atom. The second-order valence-corrected chi connectivity index (χ2v) is 7.97. The molecule has 0 atom stereocenters. The molecule has 29 heavy (non-hydrogen) atoms. The van der Waals surface area contributed by atoms with Gasteiger partial charge in [-0.15, -0.1) is 0 Å². The predicted octanol–water partition coefficient (Wildman–Crippen LogP) is 1.14. The molecule has 9 nitrogen and oxygen atoms in total. The summed E-state index contributed by atoms with van der Waals surface area (Å²) < 4.78 is 25.6. The van der Waals surface area contributed by atoms with Crippen molar-refractivity contribution in [1.82, 2.24) is 9.62 Å². The van der Waals surface area contributed by atoms with E-state index < -0.39 is 33.7 Å². The zero-order chi connectivity index (χ0) is 21.2. The van der Waals surface area contributed by atoms with Gasteiger partial charge in [0, 0.05) is 25.6 Å². The number of hydrogen-bond donors (Lipinski definition) is 2. The molecular formula is C19H17N3O6S. The quantitative estimate of drug-likeness (QED) is 0.681. The van der Waals surface area contributed by atoms with Crippen LogP contribution in [0.2, 0.25) is 0 Å². The molecule has 1 aliphatic rings. The minimum atomic E-state index is -3.96. The van der Waals surface area contributed by atoms with E-state index in [-0.39, 0.29) is 17.9 Å². The van der Waals surface area contributed by atoms with Crippen LogP contribution >= 0.6 is 0 Å². The minimum Gasteiger partial charge on any atom is -0.326 e. The first kappa shape index (κ1) is 20.2. The normalized spacial score (nSPS) is 13.2. The first-order chi connectivity index (χ1) is 13.7. The number of amides is 4. The van der Waals surface area contributed by atoms with Crippen LogP contribution in [0.3, 0.4) is 0 Å². The van der Waals surface area contributed by atoms with Crippen molar-refractivity contribution in [3.63, 3.8) is 0 Å². The molecule has 2 aromatic rings. The summed E-state index contributed by atoms with van der Waals surface area (Å²) in [5.74, 6) is -2.04. The summed E-state index contributed by atoms with van der Waals surface area (Å²) in [7, 11) is -3.96. The lowest BCUT2D eigenvalue weighted by molar-refractivity contribution is -0.117. The Kier molecular flexibility index (Phi) is 5.46. The molecule has 2 aromatic carbocycles. The fraction of sp³-hybridized carbons (Fsp3) is 0.158. The van der Waals surface area contributed by atoms with Gasteiger partial charge in [0.15, 0.2) is 0 Å². The summed E-state index contributed by atoms with van der Waals surface area (Å²) >= 11 is 0. The molecule has 0 radical (unpaired) electrons. The molecule has 0 saturated heterocycles. The van der Waals surface area contributed by atoms with Crippen molar-refractivity contribution in [1.29, 1.82) is 0 Å². The maximum absolute atomic E-state index is 12.3. The molecule has 150 valence electrons. The lowest BCUT2D eigenvalue weighted by Crippen LogP contribution is -2.32. The fourth-order valence-corrected chi connectivity index (χ4v) is 3.84. The van der Waals surface area contributed by atoms with Crippen molar-refractivity contribution in [3.05, 3.63) is 59.7 Å². The van der Waals surface area contributed by atoms with Crippen LogP contribution < -0.4 is 10.0 Å². The Balaban J connectivity index is 1.59. The molecule has 3 rings (SSSR count). The highest BCUT2D eigenvalue weighted by Crippen LogP contribution is 2.22. The highest BCUT2D eigenvalue weighted by molar-refractivity contribution is 7.90. The standard InChI is InChI=1S/C19H17N3O6S/c1-12(23)21-29(27,28)14-8-6-13(7-9-14)20-17(24)10-11-22-18(25)15-4-2-3-5-16(15)19(22)26/h2-9H,10-11H2,1H3,(H,20,24)(H,21,23). The summed E-state index contributed by atoms with van der Waals surface area (Å²) in [6, 6.07) is 11.7. The Labute approximate surface area is 166 Å². The van der Waals surface area contributed by atoms with Crippen LogP contribution in [-0.4, -0.2) is 43.5 Å². The van der Waals surface area contributed by atoms with Crippen molar-refractivity contribution in [2.75, 3.05) is 11.9 Å². The minimum absolute atomic E-state index is 0.0762. The van der Waals surface area contributed by atoms with E-state index in [1.165, 1.54) is 24.3 Å². The smallest absolute Gasteiger partial charge is 0.264 e. The van der Waals surface area contributed by atoms with Gasteiger partial charge < -0.3 is 5.32 Å². The maximum Gasteiger partial charge on any atom is 0.264 e. The third-order valence-corrected chi connectivity index (χ3v) is 5.62. The summed E-state index contributed by atoms with van der Waals surface area (Å²) in [5, 5.41) is 2.57. The van der Waals surface area contributed by atoms with E-state index in [4.69, 9.17) is 0 Å². The highest BCUT2D eigenvalue weighted by atomic mass is 32.2. The van der Waals surface area contributed by atoms with Crippen LogP contribution in [0.1, 0.15) is 34.1 Å². The molecule has 0 aromatic heterocycles. The number of benzene rings is 2. The number of rotatable bonds is 6. The first-order valence-electron chi connectivity index (χ1n) is 8.57. The van der Waals surface area contributed by atoms with Crippen LogP contribution in [0.15, 0.2) is 53.4 Å². The van der Waals surface area contributed by atoms with E-state index in [1.54, 1.807) is 24.3 Å². The number of hydrogen-bond acceptors (Lipinski definition) is 6. The molecule has 10 heteroatoms. The van der Waals surface area contributed by atoms with E-state index in [0.29, 0.717) is 16.8 Å². The van der Waals surface area contributed by atoms with Gasteiger partial charge in [0.05, 0.1) is 16.0 Å². The van der Waals surface area contributed by atoms with Gasteiger partial charge in [0.25, 0.3) is 21.8 Å². The second kappa shape index (κ2) is 7.84. The zero-order valence-electron chi connectivity index (χ0n) is 15.3. The second-order valence-electron chi connectivity index (χ2n) is 6.29. The molecule has 1 heterocycles. The topological polar surface area (TPSA) is 130 Å². The SMILES string of the molecule is CC(=O)NS(=O)(=O)c1ccc(NC(=O)CCN2C(=O)c3ccccc3C2=O)cc1. The van der Waals surface area contributed by atoms with Gasteiger partial charge in [0.1, 0.15) is 0 Å². The van der Waals surface area contributed by atoms with Crippen molar-refractivity contribution < 1.29 is 27.6 Å². The Morgan fingerprint density at radius 2 is 1.48 bits per heavy atom. The Hall–Kier alpha value is -3.53. The van der Waals surface area contributed by atoms with Gasteiger partial charge in [-0.25, -0.2) is 13.1 Å². The molecule has 2 N–H and O–H groups in total. The number of fused-ring (bicyclic) bond motifs is 1. The van der Waals surface area contributed by atoms with Gasteiger partial charge in [-0.1, -0.05) is 12.1 Å². The fourth-order valence-electron chi connectivity index (χ4n) is 2.84. The third-order valence-electron chi connectivity index (χ3n) is 4.17. The molecule has 0 aliphatic carbocycles. The number of nitrogens with zero attached hydrogens (tertiary/aromatic N) is 1. The van der Waals surface area contributed by atoms with E-state index >= 15 is 0 Å². The number of carbonyl (C=O) groups excluding carboxylic acids is 4. The third kappa shape index (κ3) is 4.32. The number of nitrogens with one attached hydrogen (secondary N) is 2. The van der Waals surface area contributed by atoms with Crippen LogP contribution in [0.25, 0.3) is 0 Å². The van der Waals surface area contributed by atoms with E-state index in [9.17, 15) is 27.6 Å². The lowest BCUT2D eigenvalue weighted by Gasteiger charge is -2.13. The van der Waals surface area contributed by atoms with E-state index in [0.717, 1.165) is 11.8 Å². The average molecular weight is 415 g/mol. The molecule has 0 saturated carbocycles. The highest BCUT2D eigenvalue weighted by Gasteiger charge is 2.34. The van der Waals surface area contributed by atoms with Crippen molar-refractivity contribution in [2.24, 2.45) is 0 Å². The van der Waals surface area contributed by atoms with Crippen LogP contribution in [0.5, 0.6) is 0 Å². The maximum atomic E-state index is 12.3. The van der Waals surface area contributed by atoms with Gasteiger partial charge >= 0.3 is 0 Å². The molecule has 0 unspecified atom stereocenters. The summed E-state index contributed by atoms with van der Waals surface area (Å²) in [5.41, 5.74) is 0.960. The number of carbonyl (C=O) groups is 4. The summed E-state index contributed by atoms with van der Waals surface area (Å²) in [6.45, 7) is 1.01. The van der Waals surface area contributed by atoms with Crippen LogP contribution in [0.4, 0.5) is 5.69 Å². The Bertz CT molecular complexity index is 1070. The molecule has 4 amide bonds. The van der Waals surface area contributed by atoms with Gasteiger partial charge in [0.2, 0.25) is 11.8 Å². The van der Waals surface area contributed by atoms with Gasteiger partial charge in [-0.05, 0) is 36.4 Å². The number of imide groups is 1. The molecule has 1 aliphatic heterocycles. The molecule has 0 fully saturated rings. The van der Waals surface area contributed by atoms with E-state index in [1.807, 2.05) is 4.72 Å². The first-order valence-corrected chi connectivity index (χ1v) is 10.1. The van der Waals surface area contributed by atoms with Crippen molar-refractivity contribution in [2.45, 2.75) is 18.2 Å². The summed E-state index contributed by atoms with van der Waals surface area (Å²) in [6.07, 6.45) is -0.114. The zero-order valence-corrected chi connectivity index (χ0v) is 16.2. The summed E-state index contributed by atoms with van der Waals surface area (Å²) in [4.78, 5) is 48.5. The van der Waals surface area contributed by atoms with Gasteiger partial charge in [-0.2, -0.15) is 0 Å². The van der Waals surface area contributed by atoms with Crippen molar-refractivity contribution in [3.8, 4) is 0 Å². The van der Waals surface area contributed by atoms with Crippen LogP contribution in [0, 0.1) is 0 Å². The average Bonchev–Trinajstić information content (AvgIpc) is 2.90. The van der Waals surface area contributed by atoms with Crippen molar-refractivity contribution >= 4 is 39.3 Å². The number of anilines is 1. The van der Waals surface area contributed by atoms with E-state index in [2.05, 4.69) is 5.32 Å². The monoisotopic (exact) mass is 415 g/mol. The lowest BCUT2D eigenvalue weighted by atomic mass is 10.1. The molecule has 0 spiro atoms. The number of sulfonamides is 1. The predicted molar refractivity (Wildman–Crippen MR) is 103 cm³/mol. The largest absolute Gasteiger partial charge is 0.326 e.